The lowest BCUT2D eigenvalue weighted by atomic mass is 10.5. The SMILES string of the molecule is O=C([O-])N(CCOCCO)C1=CCOO1. The van der Waals surface area contributed by atoms with Crippen molar-refractivity contribution in [2.45, 2.75) is 0 Å². The van der Waals surface area contributed by atoms with E-state index in [4.69, 9.17) is 9.84 Å². The van der Waals surface area contributed by atoms with Crippen molar-refractivity contribution in [3.05, 3.63) is 12.0 Å². The number of rotatable bonds is 6. The van der Waals surface area contributed by atoms with Crippen LogP contribution in [0.2, 0.25) is 0 Å². The van der Waals surface area contributed by atoms with Gasteiger partial charge in [-0.25, -0.2) is 0 Å². The third-order valence-corrected chi connectivity index (χ3v) is 1.65. The van der Waals surface area contributed by atoms with Gasteiger partial charge in [0, 0.05) is 6.08 Å². The van der Waals surface area contributed by atoms with E-state index < -0.39 is 6.09 Å². The van der Waals surface area contributed by atoms with Gasteiger partial charge in [0.2, 0.25) is 5.88 Å². The van der Waals surface area contributed by atoms with Crippen LogP contribution in [0, 0.1) is 0 Å². The van der Waals surface area contributed by atoms with E-state index in [9.17, 15) is 9.90 Å². The van der Waals surface area contributed by atoms with E-state index in [1.165, 1.54) is 6.08 Å². The Bertz CT molecular complexity index is 241. The molecule has 7 nitrogen and oxygen atoms in total. The molecule has 0 saturated carbocycles. The Kier molecular flexibility index (Phi) is 4.88. The van der Waals surface area contributed by atoms with Crippen LogP contribution in [-0.4, -0.2) is 49.1 Å². The zero-order chi connectivity index (χ0) is 11.1. The number of carboxylic acid groups (broad SMARTS) is 1. The number of aliphatic hydroxyl groups excluding tert-OH is 1. The molecule has 1 aliphatic rings. The maximum absolute atomic E-state index is 10.7. The highest BCUT2D eigenvalue weighted by atomic mass is 17.2. The summed E-state index contributed by atoms with van der Waals surface area (Å²) in [4.78, 5) is 20.7. The first-order chi connectivity index (χ1) is 7.25. The predicted octanol–water partition coefficient (Wildman–Crippen LogP) is -1.56. The van der Waals surface area contributed by atoms with Crippen molar-refractivity contribution < 1.29 is 29.5 Å². The largest absolute Gasteiger partial charge is 0.530 e. The van der Waals surface area contributed by atoms with E-state index >= 15 is 0 Å². The van der Waals surface area contributed by atoms with Gasteiger partial charge in [0.25, 0.3) is 0 Å². The number of hydrogen-bond donors (Lipinski definition) is 1. The molecule has 1 N–H and O–H groups in total. The van der Waals surface area contributed by atoms with Crippen LogP contribution < -0.4 is 5.11 Å². The second kappa shape index (κ2) is 6.23. The Morgan fingerprint density at radius 3 is 3.00 bits per heavy atom. The molecular weight excluding hydrogens is 206 g/mol. The fraction of sp³-hybridized carbons (Fsp3) is 0.625. The molecule has 1 rings (SSSR count). The molecule has 0 aromatic rings. The van der Waals surface area contributed by atoms with Gasteiger partial charge >= 0.3 is 0 Å². The van der Waals surface area contributed by atoms with E-state index in [2.05, 4.69) is 9.78 Å². The molecule has 15 heavy (non-hydrogen) atoms. The predicted molar refractivity (Wildman–Crippen MR) is 45.1 cm³/mol. The molecule has 0 aromatic carbocycles. The highest BCUT2D eigenvalue weighted by molar-refractivity contribution is 5.64. The van der Waals surface area contributed by atoms with Crippen molar-refractivity contribution in [1.82, 2.24) is 4.90 Å². The summed E-state index contributed by atoms with van der Waals surface area (Å²) in [5.41, 5.74) is 0. The molecule has 0 bridgehead atoms. The van der Waals surface area contributed by atoms with Crippen molar-refractivity contribution in [1.29, 1.82) is 0 Å². The minimum Gasteiger partial charge on any atom is -0.530 e. The third kappa shape index (κ3) is 3.74. The minimum absolute atomic E-state index is 0.0670. The zero-order valence-corrected chi connectivity index (χ0v) is 8.05. The van der Waals surface area contributed by atoms with Gasteiger partial charge in [-0.1, -0.05) is 0 Å². The monoisotopic (exact) mass is 218 g/mol. The van der Waals surface area contributed by atoms with Crippen molar-refractivity contribution in [3.63, 3.8) is 0 Å². The Hall–Kier alpha value is -1.31. The molecule has 1 aliphatic heterocycles. The molecule has 1 amide bonds. The number of carbonyl (C=O) groups excluding carboxylic acids is 1. The number of amides is 1. The maximum atomic E-state index is 10.7. The molecule has 0 unspecified atom stereocenters. The summed E-state index contributed by atoms with van der Waals surface area (Å²) in [7, 11) is 0. The maximum Gasteiger partial charge on any atom is 0.236 e. The van der Waals surface area contributed by atoms with Crippen LogP contribution in [0.4, 0.5) is 4.79 Å². The van der Waals surface area contributed by atoms with Gasteiger partial charge in [-0.05, 0) is 0 Å². The van der Waals surface area contributed by atoms with Gasteiger partial charge in [0.15, 0.2) is 0 Å². The molecule has 0 aliphatic carbocycles. The molecule has 0 atom stereocenters. The minimum atomic E-state index is -1.39. The van der Waals surface area contributed by atoms with Crippen molar-refractivity contribution in [2.75, 3.05) is 33.0 Å². The fourth-order valence-electron chi connectivity index (χ4n) is 1.00. The van der Waals surface area contributed by atoms with Gasteiger partial charge in [0.05, 0.1) is 26.4 Å². The fourth-order valence-corrected chi connectivity index (χ4v) is 1.00. The zero-order valence-electron chi connectivity index (χ0n) is 8.05. The smallest absolute Gasteiger partial charge is 0.236 e. The van der Waals surface area contributed by atoms with Gasteiger partial charge < -0.3 is 24.6 Å². The van der Waals surface area contributed by atoms with Crippen LogP contribution >= 0.6 is 0 Å². The molecule has 0 radical (unpaired) electrons. The molecule has 0 aromatic heterocycles. The number of hydrogen-bond acceptors (Lipinski definition) is 6. The average molecular weight is 218 g/mol. The summed E-state index contributed by atoms with van der Waals surface area (Å²) in [6, 6.07) is 0. The quantitative estimate of drug-likeness (QED) is 0.428. The third-order valence-electron chi connectivity index (χ3n) is 1.65. The van der Waals surface area contributed by atoms with Crippen LogP contribution in [0.25, 0.3) is 0 Å². The van der Waals surface area contributed by atoms with Crippen LogP contribution in [0.5, 0.6) is 0 Å². The van der Waals surface area contributed by atoms with Crippen molar-refractivity contribution in [2.24, 2.45) is 0 Å². The molecule has 86 valence electrons. The number of ether oxygens (including phenoxy) is 1. The molecular formula is C8H12NO6-. The van der Waals surface area contributed by atoms with E-state index in [1.54, 1.807) is 0 Å². The normalized spacial score (nSPS) is 14.6. The topological polar surface area (TPSA) is 91.3 Å². The van der Waals surface area contributed by atoms with E-state index in [0.29, 0.717) is 0 Å². The van der Waals surface area contributed by atoms with E-state index in [1.807, 2.05) is 0 Å². The van der Waals surface area contributed by atoms with Gasteiger partial charge in [-0.3, -0.25) is 4.90 Å². The Labute approximate surface area is 86.4 Å². The first-order valence-electron chi connectivity index (χ1n) is 4.42. The number of aliphatic hydroxyl groups is 1. The summed E-state index contributed by atoms with van der Waals surface area (Å²) in [5.74, 6) is 0.0857. The molecule has 0 spiro atoms. The number of nitrogens with zero attached hydrogens (tertiary/aromatic N) is 1. The highest BCUT2D eigenvalue weighted by Crippen LogP contribution is 2.11. The van der Waals surface area contributed by atoms with Crippen molar-refractivity contribution >= 4 is 6.09 Å². The van der Waals surface area contributed by atoms with Crippen LogP contribution in [-0.2, 0) is 14.5 Å². The Balaban J connectivity index is 2.34. The Morgan fingerprint density at radius 2 is 2.47 bits per heavy atom. The van der Waals surface area contributed by atoms with Crippen molar-refractivity contribution in [3.8, 4) is 0 Å². The summed E-state index contributed by atoms with van der Waals surface area (Å²) >= 11 is 0. The van der Waals surface area contributed by atoms with Crippen LogP contribution in [0.1, 0.15) is 0 Å². The average Bonchev–Trinajstić information content (AvgIpc) is 2.70. The van der Waals surface area contributed by atoms with Crippen LogP contribution in [0.3, 0.4) is 0 Å². The summed E-state index contributed by atoms with van der Waals surface area (Å²) in [5, 5.41) is 19.1. The Morgan fingerprint density at radius 1 is 1.67 bits per heavy atom. The first kappa shape index (κ1) is 11.8. The second-order valence-electron chi connectivity index (χ2n) is 2.66. The van der Waals surface area contributed by atoms with Crippen LogP contribution in [0.15, 0.2) is 12.0 Å². The van der Waals surface area contributed by atoms with E-state index in [-0.39, 0.29) is 38.9 Å². The molecule has 0 fully saturated rings. The second-order valence-corrected chi connectivity index (χ2v) is 2.66. The molecule has 1 heterocycles. The number of carbonyl (C=O) groups is 1. The van der Waals surface area contributed by atoms with Gasteiger partial charge in [-0.15, -0.1) is 0 Å². The lowest BCUT2D eigenvalue weighted by Crippen LogP contribution is -2.42. The summed E-state index contributed by atoms with van der Waals surface area (Å²) in [6.07, 6.45) is 0.0846. The van der Waals surface area contributed by atoms with E-state index in [0.717, 1.165) is 4.90 Å². The highest BCUT2D eigenvalue weighted by Gasteiger charge is 2.16. The first-order valence-corrected chi connectivity index (χ1v) is 4.42. The standard InChI is InChI=1S/C8H13NO6/c10-3-6-13-5-2-9(8(11)12)7-1-4-14-15-7/h1,10H,2-6H2,(H,11,12)/p-1. The van der Waals surface area contributed by atoms with Gasteiger partial charge in [-0.2, -0.15) is 4.89 Å². The lowest BCUT2D eigenvalue weighted by molar-refractivity contribution is -0.283. The lowest BCUT2D eigenvalue weighted by Gasteiger charge is -2.23. The molecule has 0 saturated heterocycles. The van der Waals surface area contributed by atoms with Gasteiger partial charge in [0.1, 0.15) is 12.7 Å². The summed E-state index contributed by atoms with van der Waals surface area (Å²) in [6.45, 7) is 0.480. The summed E-state index contributed by atoms with van der Waals surface area (Å²) < 4.78 is 4.92. The molecule has 7 heteroatoms.